The lowest BCUT2D eigenvalue weighted by molar-refractivity contribution is -0.176. The van der Waals surface area contributed by atoms with E-state index in [-0.39, 0.29) is 12.1 Å². The zero-order chi connectivity index (χ0) is 13.9. The Morgan fingerprint density at radius 1 is 1.00 bits per heavy atom. The summed E-state index contributed by atoms with van der Waals surface area (Å²) in [6, 6.07) is 0.429. The van der Waals surface area contributed by atoms with Crippen LogP contribution in [0.15, 0.2) is 12.1 Å². The van der Waals surface area contributed by atoms with Crippen LogP contribution in [0, 0.1) is 5.82 Å². The van der Waals surface area contributed by atoms with Crippen molar-refractivity contribution in [3.63, 3.8) is 0 Å². The van der Waals surface area contributed by atoms with Crippen molar-refractivity contribution in [2.75, 3.05) is 0 Å². The van der Waals surface area contributed by atoms with Gasteiger partial charge in [-0.05, 0) is 12.1 Å². The van der Waals surface area contributed by atoms with Crippen LogP contribution in [0.25, 0.3) is 0 Å². The van der Waals surface area contributed by atoms with Gasteiger partial charge in [-0.3, -0.25) is 4.79 Å². The SMILES string of the molecule is O=C1c2c(ccc(F)c2C(F)F)C(F)(F)C1(F)F. The molecule has 8 heteroatoms. The minimum Gasteiger partial charge on any atom is -0.287 e. The van der Waals surface area contributed by atoms with Gasteiger partial charge in [-0.1, -0.05) is 0 Å². The Morgan fingerprint density at radius 3 is 2.06 bits per heavy atom. The van der Waals surface area contributed by atoms with Crippen LogP contribution in [0.5, 0.6) is 0 Å². The van der Waals surface area contributed by atoms with Crippen molar-refractivity contribution in [2.45, 2.75) is 18.3 Å². The van der Waals surface area contributed by atoms with Gasteiger partial charge in [0.25, 0.3) is 6.43 Å². The molecular formula is C10H3F7O. The molecule has 0 aliphatic heterocycles. The molecule has 0 atom stereocenters. The molecular weight excluding hydrogens is 269 g/mol. The Hall–Kier alpha value is -1.60. The number of benzene rings is 1. The molecule has 98 valence electrons. The van der Waals surface area contributed by atoms with E-state index in [2.05, 4.69) is 0 Å². The summed E-state index contributed by atoms with van der Waals surface area (Å²) in [5.41, 5.74) is -4.91. The molecule has 18 heavy (non-hydrogen) atoms. The molecule has 0 aromatic heterocycles. The zero-order valence-corrected chi connectivity index (χ0v) is 8.29. The normalized spacial score (nSPS) is 20.3. The van der Waals surface area contributed by atoms with Gasteiger partial charge in [-0.15, -0.1) is 0 Å². The first-order chi connectivity index (χ1) is 8.12. The Kier molecular flexibility index (Phi) is 2.47. The first-order valence-corrected chi connectivity index (χ1v) is 4.53. The maximum absolute atomic E-state index is 13.2. The number of hydrogen-bond acceptors (Lipinski definition) is 1. The summed E-state index contributed by atoms with van der Waals surface area (Å²) in [6.45, 7) is 0. The van der Waals surface area contributed by atoms with Crippen molar-refractivity contribution in [3.05, 3.63) is 34.6 Å². The predicted molar refractivity (Wildman–Crippen MR) is 44.5 cm³/mol. The molecule has 0 radical (unpaired) electrons. The summed E-state index contributed by atoms with van der Waals surface area (Å²) in [4.78, 5) is 11.1. The lowest BCUT2D eigenvalue weighted by Gasteiger charge is -2.16. The van der Waals surface area contributed by atoms with Crippen molar-refractivity contribution < 1.29 is 35.5 Å². The van der Waals surface area contributed by atoms with Crippen molar-refractivity contribution in [1.29, 1.82) is 0 Å². The van der Waals surface area contributed by atoms with E-state index in [1.54, 1.807) is 0 Å². The first kappa shape index (κ1) is 12.8. The molecule has 1 aromatic rings. The van der Waals surface area contributed by atoms with Gasteiger partial charge >= 0.3 is 11.8 Å². The van der Waals surface area contributed by atoms with E-state index in [4.69, 9.17) is 0 Å². The standard InChI is InChI=1S/C10H3F7O/c11-4-2-1-3-5(6(4)8(12)13)7(18)10(16,17)9(3,14)15/h1-2,8H. The van der Waals surface area contributed by atoms with Crippen molar-refractivity contribution in [2.24, 2.45) is 0 Å². The van der Waals surface area contributed by atoms with Gasteiger partial charge in [0.1, 0.15) is 5.82 Å². The van der Waals surface area contributed by atoms with E-state index in [0.717, 1.165) is 0 Å². The van der Waals surface area contributed by atoms with Crippen molar-refractivity contribution in [3.8, 4) is 0 Å². The maximum atomic E-state index is 13.2. The highest BCUT2D eigenvalue weighted by Crippen LogP contribution is 2.53. The van der Waals surface area contributed by atoms with Gasteiger partial charge in [-0.25, -0.2) is 13.2 Å². The minimum absolute atomic E-state index is 0.211. The number of Topliss-reactive ketones (excluding diaryl/α,β-unsaturated/α-hetero) is 1. The third-order valence-electron chi connectivity index (χ3n) is 2.66. The average molecular weight is 272 g/mol. The van der Waals surface area contributed by atoms with Crippen LogP contribution in [-0.4, -0.2) is 11.7 Å². The molecule has 0 amide bonds. The van der Waals surface area contributed by atoms with Crippen LogP contribution in [0.3, 0.4) is 0 Å². The Bertz CT molecular complexity index is 535. The summed E-state index contributed by atoms with van der Waals surface area (Å²) < 4.78 is 90.4. The fraction of sp³-hybridized carbons (Fsp3) is 0.300. The number of carbonyl (C=O) groups is 1. The van der Waals surface area contributed by atoms with Gasteiger partial charge in [0, 0.05) is 11.1 Å². The van der Waals surface area contributed by atoms with Gasteiger partial charge in [0.05, 0.1) is 5.56 Å². The first-order valence-electron chi connectivity index (χ1n) is 4.53. The highest BCUT2D eigenvalue weighted by Gasteiger charge is 2.70. The summed E-state index contributed by atoms with van der Waals surface area (Å²) in [5, 5.41) is 0. The molecule has 0 fully saturated rings. The largest absolute Gasteiger partial charge is 0.376 e. The average Bonchev–Trinajstić information content (AvgIpc) is 2.37. The van der Waals surface area contributed by atoms with E-state index >= 15 is 0 Å². The number of fused-ring (bicyclic) bond motifs is 1. The maximum Gasteiger partial charge on any atom is 0.376 e. The highest BCUT2D eigenvalue weighted by atomic mass is 19.3. The molecule has 0 spiro atoms. The fourth-order valence-electron chi connectivity index (χ4n) is 1.78. The quantitative estimate of drug-likeness (QED) is 0.712. The van der Waals surface area contributed by atoms with E-state index in [0.29, 0.717) is 0 Å². The molecule has 0 saturated heterocycles. The van der Waals surface area contributed by atoms with Gasteiger partial charge in [0.2, 0.25) is 5.78 Å². The second kappa shape index (κ2) is 3.46. The lowest BCUT2D eigenvalue weighted by atomic mass is 10.0. The molecule has 0 bridgehead atoms. The van der Waals surface area contributed by atoms with Crippen LogP contribution in [0.2, 0.25) is 0 Å². The second-order valence-corrected chi connectivity index (χ2v) is 3.66. The van der Waals surface area contributed by atoms with E-state index < -0.39 is 46.6 Å². The summed E-state index contributed by atoms with van der Waals surface area (Å²) in [7, 11) is 0. The third kappa shape index (κ3) is 1.31. The highest BCUT2D eigenvalue weighted by molar-refractivity contribution is 6.08. The number of carbonyl (C=O) groups excluding carboxylic acids is 1. The van der Waals surface area contributed by atoms with E-state index in [1.807, 2.05) is 0 Å². The van der Waals surface area contributed by atoms with Crippen molar-refractivity contribution >= 4 is 5.78 Å². The molecule has 0 N–H and O–H groups in total. The molecule has 0 saturated carbocycles. The van der Waals surface area contributed by atoms with Crippen molar-refractivity contribution in [1.82, 2.24) is 0 Å². The monoisotopic (exact) mass is 272 g/mol. The smallest absolute Gasteiger partial charge is 0.287 e. The van der Waals surface area contributed by atoms with Crippen LogP contribution in [-0.2, 0) is 5.92 Å². The summed E-state index contributed by atoms with van der Waals surface area (Å²) in [6.07, 6.45) is -3.64. The Morgan fingerprint density at radius 2 is 1.56 bits per heavy atom. The minimum atomic E-state index is -5.15. The number of ketones is 1. The number of halogens is 7. The van der Waals surface area contributed by atoms with E-state index in [9.17, 15) is 35.5 Å². The molecule has 0 heterocycles. The number of alkyl halides is 6. The summed E-state index contributed by atoms with van der Waals surface area (Å²) in [5.74, 6) is -14.2. The van der Waals surface area contributed by atoms with Crippen LogP contribution >= 0.6 is 0 Å². The Labute approximate surface area is 95.2 Å². The summed E-state index contributed by atoms with van der Waals surface area (Å²) >= 11 is 0. The second-order valence-electron chi connectivity index (χ2n) is 3.66. The topological polar surface area (TPSA) is 17.1 Å². The van der Waals surface area contributed by atoms with Crippen LogP contribution in [0.4, 0.5) is 30.7 Å². The third-order valence-corrected chi connectivity index (χ3v) is 2.66. The van der Waals surface area contributed by atoms with Gasteiger partial charge in [-0.2, -0.15) is 17.6 Å². The molecule has 2 rings (SSSR count). The van der Waals surface area contributed by atoms with Gasteiger partial charge < -0.3 is 0 Å². The molecule has 1 nitrogen and oxygen atoms in total. The predicted octanol–water partition coefficient (Wildman–Crippen LogP) is 3.69. The zero-order valence-electron chi connectivity index (χ0n) is 8.29. The number of rotatable bonds is 1. The van der Waals surface area contributed by atoms with Gasteiger partial charge in [0.15, 0.2) is 0 Å². The molecule has 1 aliphatic rings. The molecule has 1 aromatic carbocycles. The molecule has 0 unspecified atom stereocenters. The number of hydrogen-bond donors (Lipinski definition) is 0. The lowest BCUT2D eigenvalue weighted by Crippen LogP contribution is -2.38. The fourth-order valence-corrected chi connectivity index (χ4v) is 1.78. The van der Waals surface area contributed by atoms with Crippen LogP contribution < -0.4 is 0 Å². The van der Waals surface area contributed by atoms with E-state index in [1.165, 1.54) is 0 Å². The van der Waals surface area contributed by atoms with Crippen LogP contribution in [0.1, 0.15) is 27.9 Å². The Balaban J connectivity index is 2.84. The molecule has 1 aliphatic carbocycles.